The van der Waals surface area contributed by atoms with Crippen LogP contribution in [0.1, 0.15) is 20.3 Å². The molecule has 0 aliphatic carbocycles. The van der Waals surface area contributed by atoms with Gasteiger partial charge in [-0.3, -0.25) is 0 Å². The summed E-state index contributed by atoms with van der Waals surface area (Å²) in [6.07, 6.45) is 0.869. The minimum atomic E-state index is -0.554. The number of nitrogens with one attached hydrogen (secondary N) is 2. The van der Waals surface area contributed by atoms with Gasteiger partial charge in [-0.15, -0.1) is 0 Å². The zero-order valence-corrected chi connectivity index (χ0v) is 8.80. The van der Waals surface area contributed by atoms with Crippen molar-refractivity contribution in [2.45, 2.75) is 32.6 Å². The second-order valence-corrected chi connectivity index (χ2v) is 3.19. The molecule has 0 bridgehead atoms. The predicted molar refractivity (Wildman–Crippen MR) is 55.6 cm³/mol. The highest BCUT2D eigenvalue weighted by Gasteiger charge is 2.34. The van der Waals surface area contributed by atoms with Crippen molar-refractivity contribution < 1.29 is 10.1 Å². The third kappa shape index (κ3) is 4.09. The molecule has 1 aliphatic heterocycles. The zero-order valence-electron chi connectivity index (χ0n) is 8.80. The SMILES string of the molecule is CB(O)N[C@]1(CO)CCNC1.CC. The lowest BCUT2D eigenvalue weighted by molar-refractivity contribution is 0.190. The molecular formula is C8H21BN2O2. The Kier molecular flexibility index (Phi) is 6.33. The van der Waals surface area contributed by atoms with Gasteiger partial charge < -0.3 is 20.7 Å². The van der Waals surface area contributed by atoms with E-state index in [0.717, 1.165) is 19.5 Å². The average molecular weight is 188 g/mol. The van der Waals surface area contributed by atoms with Crippen LogP contribution in [0.2, 0.25) is 6.82 Å². The van der Waals surface area contributed by atoms with E-state index < -0.39 is 7.05 Å². The summed E-state index contributed by atoms with van der Waals surface area (Å²) in [4.78, 5) is 0. The van der Waals surface area contributed by atoms with E-state index in [1.165, 1.54) is 0 Å². The Hall–Kier alpha value is -0.0951. The molecule has 13 heavy (non-hydrogen) atoms. The first-order valence-corrected chi connectivity index (χ1v) is 4.96. The van der Waals surface area contributed by atoms with Gasteiger partial charge in [0.2, 0.25) is 0 Å². The van der Waals surface area contributed by atoms with E-state index in [1.54, 1.807) is 6.82 Å². The summed E-state index contributed by atoms with van der Waals surface area (Å²) in [6.45, 7) is 7.37. The quantitative estimate of drug-likeness (QED) is 0.448. The first-order valence-electron chi connectivity index (χ1n) is 4.96. The molecule has 1 fully saturated rings. The van der Waals surface area contributed by atoms with Crippen molar-refractivity contribution in [2.75, 3.05) is 19.7 Å². The molecule has 0 aromatic heterocycles. The van der Waals surface area contributed by atoms with Crippen molar-refractivity contribution in [1.82, 2.24) is 10.5 Å². The van der Waals surface area contributed by atoms with Crippen molar-refractivity contribution >= 4 is 7.05 Å². The fraction of sp³-hybridized carbons (Fsp3) is 1.00. The van der Waals surface area contributed by atoms with Gasteiger partial charge in [0.25, 0.3) is 0 Å². The molecule has 78 valence electrons. The number of rotatable bonds is 3. The molecule has 4 nitrogen and oxygen atoms in total. The summed E-state index contributed by atoms with van der Waals surface area (Å²) >= 11 is 0. The second kappa shape index (κ2) is 6.37. The van der Waals surface area contributed by atoms with E-state index in [4.69, 9.17) is 10.1 Å². The first kappa shape index (κ1) is 12.9. The van der Waals surface area contributed by atoms with Crippen LogP contribution in [0.15, 0.2) is 0 Å². The molecule has 5 heteroatoms. The van der Waals surface area contributed by atoms with Crippen LogP contribution < -0.4 is 10.5 Å². The highest BCUT2D eigenvalue weighted by molar-refractivity contribution is 6.45. The van der Waals surface area contributed by atoms with E-state index in [2.05, 4.69) is 10.5 Å². The Balaban J connectivity index is 0.000000671. The van der Waals surface area contributed by atoms with Crippen LogP contribution in [0, 0.1) is 0 Å². The minimum absolute atomic E-state index is 0.0743. The summed E-state index contributed by atoms with van der Waals surface area (Å²) in [5.41, 5.74) is -0.297. The van der Waals surface area contributed by atoms with Crippen molar-refractivity contribution in [3.05, 3.63) is 0 Å². The summed E-state index contributed by atoms with van der Waals surface area (Å²) in [5.74, 6) is 0. The lowest BCUT2D eigenvalue weighted by Gasteiger charge is -2.27. The molecule has 1 rings (SSSR count). The van der Waals surface area contributed by atoms with Gasteiger partial charge in [-0.1, -0.05) is 13.8 Å². The molecule has 0 aromatic rings. The number of aliphatic hydroxyl groups excluding tert-OH is 1. The molecule has 0 radical (unpaired) electrons. The van der Waals surface area contributed by atoms with Crippen LogP contribution in [0.4, 0.5) is 0 Å². The van der Waals surface area contributed by atoms with Crippen LogP contribution in [-0.4, -0.2) is 42.4 Å². The Labute approximate surface area is 80.9 Å². The highest BCUT2D eigenvalue weighted by Crippen LogP contribution is 2.13. The molecule has 0 aromatic carbocycles. The monoisotopic (exact) mass is 188 g/mol. The predicted octanol–water partition coefficient (Wildman–Crippen LogP) is -0.563. The van der Waals surface area contributed by atoms with Gasteiger partial charge >= 0.3 is 7.05 Å². The molecule has 0 saturated carbocycles. The van der Waals surface area contributed by atoms with Gasteiger partial charge in [-0.2, -0.15) is 0 Å². The maximum atomic E-state index is 9.06. The van der Waals surface area contributed by atoms with E-state index in [-0.39, 0.29) is 12.1 Å². The van der Waals surface area contributed by atoms with Gasteiger partial charge in [0, 0.05) is 12.1 Å². The van der Waals surface area contributed by atoms with Crippen LogP contribution in [0.5, 0.6) is 0 Å². The zero-order chi connectivity index (χ0) is 10.3. The number of hydrogen-bond acceptors (Lipinski definition) is 4. The normalized spacial score (nSPS) is 26.5. The summed E-state index contributed by atoms with van der Waals surface area (Å²) in [6, 6.07) is 0. The fourth-order valence-electron chi connectivity index (χ4n) is 1.49. The Bertz CT molecular complexity index is 127. The van der Waals surface area contributed by atoms with Crippen molar-refractivity contribution in [2.24, 2.45) is 0 Å². The lowest BCUT2D eigenvalue weighted by Crippen LogP contribution is -2.55. The summed E-state index contributed by atoms with van der Waals surface area (Å²) in [5, 5.41) is 24.2. The van der Waals surface area contributed by atoms with E-state index in [1.807, 2.05) is 13.8 Å². The highest BCUT2D eigenvalue weighted by atomic mass is 16.3. The maximum absolute atomic E-state index is 9.06. The maximum Gasteiger partial charge on any atom is 0.374 e. The average Bonchev–Trinajstić information content (AvgIpc) is 2.56. The molecule has 4 N–H and O–H groups in total. The molecule has 1 atom stereocenters. The molecule has 1 aliphatic rings. The van der Waals surface area contributed by atoms with Crippen molar-refractivity contribution in [3.63, 3.8) is 0 Å². The summed E-state index contributed by atoms with van der Waals surface area (Å²) < 4.78 is 0. The Morgan fingerprint density at radius 2 is 2.15 bits per heavy atom. The molecule has 1 heterocycles. The fourth-order valence-corrected chi connectivity index (χ4v) is 1.49. The van der Waals surface area contributed by atoms with Gasteiger partial charge in [0.1, 0.15) is 0 Å². The molecule has 1 saturated heterocycles. The minimum Gasteiger partial charge on any atom is -0.437 e. The van der Waals surface area contributed by atoms with Gasteiger partial charge in [-0.25, -0.2) is 0 Å². The lowest BCUT2D eigenvalue weighted by atomic mass is 9.82. The van der Waals surface area contributed by atoms with Gasteiger partial charge in [0.15, 0.2) is 0 Å². The summed E-state index contributed by atoms with van der Waals surface area (Å²) in [7, 11) is -0.554. The van der Waals surface area contributed by atoms with E-state index in [9.17, 15) is 0 Å². The number of aliphatic hydroxyl groups is 1. The second-order valence-electron chi connectivity index (χ2n) is 3.19. The molecule has 0 spiro atoms. The van der Waals surface area contributed by atoms with E-state index in [0.29, 0.717) is 0 Å². The van der Waals surface area contributed by atoms with Gasteiger partial charge in [-0.05, 0) is 19.8 Å². The number of hydrogen-bond donors (Lipinski definition) is 4. The topological polar surface area (TPSA) is 64.5 Å². The molecular weight excluding hydrogens is 167 g/mol. The standard InChI is InChI=1S/C6H15BN2O2.C2H6/c1-7(11)9-6(5-10)2-3-8-4-6;1-2/h8-11H,2-5H2,1H3;1-2H3/t6-;/m1./s1. The third-order valence-corrected chi connectivity index (χ3v) is 2.06. The van der Waals surface area contributed by atoms with Crippen LogP contribution in [-0.2, 0) is 0 Å². The smallest absolute Gasteiger partial charge is 0.374 e. The van der Waals surface area contributed by atoms with Crippen LogP contribution in [0.25, 0.3) is 0 Å². The third-order valence-electron chi connectivity index (χ3n) is 2.06. The Morgan fingerprint density at radius 3 is 2.46 bits per heavy atom. The first-order chi connectivity index (χ1) is 6.18. The Morgan fingerprint density at radius 1 is 1.54 bits per heavy atom. The van der Waals surface area contributed by atoms with Gasteiger partial charge in [0.05, 0.1) is 6.61 Å². The van der Waals surface area contributed by atoms with E-state index >= 15 is 0 Å². The van der Waals surface area contributed by atoms with Crippen LogP contribution in [0.3, 0.4) is 0 Å². The molecule has 0 unspecified atom stereocenters. The van der Waals surface area contributed by atoms with Crippen molar-refractivity contribution in [1.29, 1.82) is 0 Å². The van der Waals surface area contributed by atoms with Crippen molar-refractivity contribution in [3.8, 4) is 0 Å². The molecule has 0 amide bonds. The largest absolute Gasteiger partial charge is 0.437 e. The van der Waals surface area contributed by atoms with Crippen LogP contribution >= 0.6 is 0 Å².